The van der Waals surface area contributed by atoms with E-state index in [2.05, 4.69) is 4.98 Å². The van der Waals surface area contributed by atoms with E-state index in [4.69, 9.17) is 11.6 Å². The molecule has 1 nitrogen and oxygen atoms in total. The van der Waals surface area contributed by atoms with Crippen LogP contribution in [0.3, 0.4) is 0 Å². The minimum absolute atomic E-state index is 0.290. The highest BCUT2D eigenvalue weighted by molar-refractivity contribution is 7.20. The Balaban J connectivity index is 2.04. The van der Waals surface area contributed by atoms with Crippen LogP contribution in [0.5, 0.6) is 0 Å². The molecule has 19 heavy (non-hydrogen) atoms. The van der Waals surface area contributed by atoms with Crippen molar-refractivity contribution >= 4 is 44.3 Å². The zero-order valence-electron chi connectivity index (χ0n) is 9.81. The highest BCUT2D eigenvalue weighted by Crippen LogP contribution is 2.30. The van der Waals surface area contributed by atoms with Crippen LogP contribution in [-0.4, -0.2) is 4.98 Å². The van der Waals surface area contributed by atoms with Gasteiger partial charge in [0.15, 0.2) is 0 Å². The standard InChI is InChI=1S/C15H9ClFNS/c16-11(9-10-5-1-2-6-12(10)17)15-18-13-7-3-4-8-14(13)19-15/h1-9H/b11-9-. The molecular weight excluding hydrogens is 281 g/mol. The predicted molar refractivity (Wildman–Crippen MR) is 79.7 cm³/mol. The summed E-state index contributed by atoms with van der Waals surface area (Å²) in [5.74, 6) is -0.290. The van der Waals surface area contributed by atoms with Crippen LogP contribution >= 0.6 is 22.9 Å². The van der Waals surface area contributed by atoms with Crippen molar-refractivity contribution in [3.8, 4) is 0 Å². The molecule has 0 unspecified atom stereocenters. The van der Waals surface area contributed by atoms with Crippen LogP contribution in [0.4, 0.5) is 4.39 Å². The monoisotopic (exact) mass is 289 g/mol. The molecule has 1 aromatic heterocycles. The first-order valence-corrected chi connectivity index (χ1v) is 6.91. The van der Waals surface area contributed by atoms with E-state index in [0.717, 1.165) is 10.2 Å². The van der Waals surface area contributed by atoms with E-state index >= 15 is 0 Å². The number of fused-ring (bicyclic) bond motifs is 1. The van der Waals surface area contributed by atoms with Gasteiger partial charge in [0.1, 0.15) is 10.8 Å². The SMILES string of the molecule is Fc1ccccc1/C=C(\Cl)c1nc2ccccc2s1. The first-order valence-electron chi connectivity index (χ1n) is 5.72. The first-order chi connectivity index (χ1) is 9.24. The highest BCUT2D eigenvalue weighted by Gasteiger charge is 2.07. The number of thiazole rings is 1. The van der Waals surface area contributed by atoms with Gasteiger partial charge in [-0.3, -0.25) is 0 Å². The number of hydrogen-bond donors (Lipinski definition) is 0. The lowest BCUT2D eigenvalue weighted by molar-refractivity contribution is 0.625. The van der Waals surface area contributed by atoms with Crippen LogP contribution in [0.1, 0.15) is 10.6 Å². The van der Waals surface area contributed by atoms with Crippen LogP contribution in [0.15, 0.2) is 48.5 Å². The van der Waals surface area contributed by atoms with Gasteiger partial charge in [-0.05, 0) is 24.3 Å². The summed E-state index contributed by atoms with van der Waals surface area (Å²) in [6.07, 6.45) is 1.61. The summed E-state index contributed by atoms with van der Waals surface area (Å²) >= 11 is 7.72. The average molecular weight is 290 g/mol. The van der Waals surface area contributed by atoms with Crippen molar-refractivity contribution in [2.75, 3.05) is 0 Å². The molecule has 2 aromatic carbocycles. The summed E-state index contributed by atoms with van der Waals surface area (Å²) in [6.45, 7) is 0. The molecule has 0 amide bonds. The van der Waals surface area contributed by atoms with Gasteiger partial charge in [0.05, 0.1) is 15.2 Å². The fourth-order valence-electron chi connectivity index (χ4n) is 1.76. The van der Waals surface area contributed by atoms with E-state index in [1.807, 2.05) is 24.3 Å². The maximum absolute atomic E-state index is 13.5. The number of halogens is 2. The van der Waals surface area contributed by atoms with Crippen LogP contribution in [0, 0.1) is 5.82 Å². The highest BCUT2D eigenvalue weighted by atomic mass is 35.5. The van der Waals surface area contributed by atoms with Gasteiger partial charge in [0.25, 0.3) is 0 Å². The zero-order chi connectivity index (χ0) is 13.2. The summed E-state index contributed by atoms with van der Waals surface area (Å²) in [5, 5.41) is 1.15. The summed E-state index contributed by atoms with van der Waals surface area (Å²) < 4.78 is 14.6. The Hall–Kier alpha value is -1.71. The molecular formula is C15H9ClFNS. The maximum Gasteiger partial charge on any atom is 0.136 e. The second kappa shape index (κ2) is 5.11. The second-order valence-electron chi connectivity index (χ2n) is 4.00. The normalized spacial score (nSPS) is 12.0. The summed E-state index contributed by atoms with van der Waals surface area (Å²) in [7, 11) is 0. The second-order valence-corrected chi connectivity index (χ2v) is 5.44. The molecule has 0 saturated carbocycles. The van der Waals surface area contributed by atoms with Gasteiger partial charge >= 0.3 is 0 Å². The minimum Gasteiger partial charge on any atom is -0.235 e. The molecule has 0 aliphatic carbocycles. The maximum atomic E-state index is 13.5. The van der Waals surface area contributed by atoms with Crippen LogP contribution in [-0.2, 0) is 0 Å². The first kappa shape index (κ1) is 12.3. The Labute approximate surface area is 119 Å². The number of aromatic nitrogens is 1. The Morgan fingerprint density at radius 3 is 2.63 bits per heavy atom. The molecule has 4 heteroatoms. The molecule has 1 heterocycles. The Kier molecular flexibility index (Phi) is 3.32. The number of nitrogens with zero attached hydrogens (tertiary/aromatic N) is 1. The predicted octanol–water partition coefficient (Wildman–Crippen LogP) is 5.17. The molecule has 94 valence electrons. The van der Waals surface area contributed by atoms with E-state index in [1.54, 1.807) is 24.3 Å². The van der Waals surface area contributed by atoms with Crippen LogP contribution < -0.4 is 0 Å². The van der Waals surface area contributed by atoms with Gasteiger partial charge < -0.3 is 0 Å². The van der Waals surface area contributed by atoms with Gasteiger partial charge in [0, 0.05) is 5.56 Å². The fraction of sp³-hybridized carbons (Fsp3) is 0. The van der Waals surface area contributed by atoms with E-state index in [9.17, 15) is 4.39 Å². The molecule has 0 bridgehead atoms. The smallest absolute Gasteiger partial charge is 0.136 e. The summed E-state index contributed by atoms with van der Waals surface area (Å²) in [5.41, 5.74) is 1.37. The third kappa shape index (κ3) is 2.53. The number of para-hydroxylation sites is 1. The molecule has 0 atom stereocenters. The molecule has 3 aromatic rings. The lowest BCUT2D eigenvalue weighted by Crippen LogP contribution is -1.81. The molecule has 0 saturated heterocycles. The van der Waals surface area contributed by atoms with Crippen molar-refractivity contribution in [2.45, 2.75) is 0 Å². The third-order valence-electron chi connectivity index (χ3n) is 2.69. The van der Waals surface area contributed by atoms with Crippen LogP contribution in [0.2, 0.25) is 0 Å². The minimum atomic E-state index is -0.290. The Morgan fingerprint density at radius 2 is 1.84 bits per heavy atom. The molecule has 0 spiro atoms. The average Bonchev–Trinajstić information content (AvgIpc) is 2.85. The third-order valence-corrected chi connectivity index (χ3v) is 4.16. The van der Waals surface area contributed by atoms with E-state index in [1.165, 1.54) is 17.4 Å². The van der Waals surface area contributed by atoms with E-state index in [-0.39, 0.29) is 5.82 Å². The van der Waals surface area contributed by atoms with Gasteiger partial charge in [-0.25, -0.2) is 9.37 Å². The number of rotatable bonds is 2. The molecule has 0 fully saturated rings. The van der Waals surface area contributed by atoms with Gasteiger partial charge in [0.2, 0.25) is 0 Å². The molecule has 0 N–H and O–H groups in total. The molecule has 0 aliphatic rings. The Morgan fingerprint density at radius 1 is 1.11 bits per heavy atom. The van der Waals surface area contributed by atoms with Gasteiger partial charge in [-0.2, -0.15) is 0 Å². The topological polar surface area (TPSA) is 12.9 Å². The number of hydrogen-bond acceptors (Lipinski definition) is 2. The molecule has 0 aliphatic heterocycles. The number of benzene rings is 2. The van der Waals surface area contributed by atoms with Crippen molar-refractivity contribution < 1.29 is 4.39 Å². The van der Waals surface area contributed by atoms with Crippen molar-refractivity contribution in [3.63, 3.8) is 0 Å². The van der Waals surface area contributed by atoms with Crippen molar-refractivity contribution in [2.24, 2.45) is 0 Å². The fourth-order valence-corrected chi connectivity index (χ4v) is 2.91. The quantitative estimate of drug-likeness (QED) is 0.634. The summed E-state index contributed by atoms with van der Waals surface area (Å²) in [6, 6.07) is 14.3. The van der Waals surface area contributed by atoms with E-state index in [0.29, 0.717) is 15.6 Å². The lowest BCUT2D eigenvalue weighted by atomic mass is 10.2. The van der Waals surface area contributed by atoms with Crippen molar-refractivity contribution in [1.29, 1.82) is 0 Å². The Bertz CT molecular complexity index is 730. The zero-order valence-corrected chi connectivity index (χ0v) is 11.4. The largest absolute Gasteiger partial charge is 0.235 e. The van der Waals surface area contributed by atoms with E-state index < -0.39 is 0 Å². The van der Waals surface area contributed by atoms with Gasteiger partial charge in [-0.1, -0.05) is 41.9 Å². The van der Waals surface area contributed by atoms with Crippen LogP contribution in [0.25, 0.3) is 21.3 Å². The van der Waals surface area contributed by atoms with Crippen molar-refractivity contribution in [1.82, 2.24) is 4.98 Å². The molecule has 0 radical (unpaired) electrons. The molecule has 3 rings (SSSR count). The lowest BCUT2D eigenvalue weighted by Gasteiger charge is -1.97. The van der Waals surface area contributed by atoms with Gasteiger partial charge in [-0.15, -0.1) is 11.3 Å². The van der Waals surface area contributed by atoms with Crippen molar-refractivity contribution in [3.05, 3.63) is 64.9 Å². The summed E-state index contributed by atoms with van der Waals surface area (Å²) in [4.78, 5) is 4.43.